The maximum absolute atomic E-state index is 11.9. The highest BCUT2D eigenvalue weighted by Gasteiger charge is 2.43. The lowest BCUT2D eigenvalue weighted by atomic mass is 10.1. The van der Waals surface area contributed by atoms with E-state index in [4.69, 9.17) is 0 Å². The normalized spacial score (nSPS) is 23.9. The van der Waals surface area contributed by atoms with Gasteiger partial charge in [-0.3, -0.25) is 4.99 Å². The Morgan fingerprint density at radius 3 is 2.53 bits per heavy atom. The molecule has 1 fully saturated rings. The Labute approximate surface area is 103 Å². The second-order valence-corrected chi connectivity index (χ2v) is 7.55. The molecule has 0 aromatic heterocycles. The number of aliphatic imine (C=N–C) groups is 1. The molecule has 0 saturated heterocycles. The van der Waals surface area contributed by atoms with Crippen LogP contribution >= 0.6 is 0 Å². The maximum Gasteiger partial charge on any atom is 0.193 e. The Kier molecular flexibility index (Phi) is 3.34. The van der Waals surface area contributed by atoms with Crippen molar-refractivity contribution < 1.29 is 8.42 Å². The van der Waals surface area contributed by atoms with Gasteiger partial charge in [-0.25, -0.2) is 8.42 Å². The first-order chi connectivity index (χ1) is 7.95. The molecular weight excluding hydrogens is 238 g/mol. The number of sulfone groups is 1. The van der Waals surface area contributed by atoms with E-state index in [-0.39, 0.29) is 0 Å². The lowest BCUT2D eigenvalue weighted by Gasteiger charge is -2.28. The van der Waals surface area contributed by atoms with Gasteiger partial charge in [0.1, 0.15) is 0 Å². The number of rotatable bonds is 3. The molecule has 0 atom stereocenters. The minimum Gasteiger partial charge on any atom is -0.355 e. The lowest BCUT2D eigenvalue weighted by Crippen LogP contribution is -2.48. The third kappa shape index (κ3) is 2.41. The average molecular weight is 259 g/mol. The first-order valence-corrected chi connectivity index (χ1v) is 8.03. The summed E-state index contributed by atoms with van der Waals surface area (Å²) in [6.45, 7) is 2.20. The molecule has 2 aliphatic rings. The van der Waals surface area contributed by atoms with Crippen LogP contribution in [0.1, 0.15) is 25.7 Å². The molecule has 1 N–H and O–H groups in total. The predicted octanol–water partition coefficient (Wildman–Crippen LogP) is 0.235. The topological polar surface area (TPSA) is 61.8 Å². The zero-order valence-corrected chi connectivity index (χ0v) is 11.4. The molecule has 1 aliphatic carbocycles. The molecule has 1 heterocycles. The number of hydrogen-bond acceptors (Lipinski definition) is 5. The SMILES string of the molecule is CN1CCN=C1NCC1(S(C)(=O)=O)CCCC1. The summed E-state index contributed by atoms with van der Waals surface area (Å²) in [6.07, 6.45) is 4.93. The molecule has 5 nitrogen and oxygen atoms in total. The summed E-state index contributed by atoms with van der Waals surface area (Å²) in [6, 6.07) is 0. The predicted molar refractivity (Wildman–Crippen MR) is 69.0 cm³/mol. The van der Waals surface area contributed by atoms with E-state index in [1.807, 2.05) is 11.9 Å². The molecule has 0 aromatic rings. The zero-order chi connectivity index (χ0) is 12.5. The second-order valence-electron chi connectivity index (χ2n) is 5.14. The first-order valence-electron chi connectivity index (χ1n) is 6.14. The summed E-state index contributed by atoms with van der Waals surface area (Å²) < 4.78 is 23.3. The molecule has 2 rings (SSSR count). The monoisotopic (exact) mass is 259 g/mol. The van der Waals surface area contributed by atoms with Crippen LogP contribution in [0.2, 0.25) is 0 Å². The van der Waals surface area contributed by atoms with Gasteiger partial charge in [-0.1, -0.05) is 12.8 Å². The Morgan fingerprint density at radius 1 is 1.41 bits per heavy atom. The highest BCUT2D eigenvalue weighted by molar-refractivity contribution is 7.92. The van der Waals surface area contributed by atoms with Crippen molar-refractivity contribution >= 4 is 15.8 Å². The second kappa shape index (κ2) is 4.48. The van der Waals surface area contributed by atoms with E-state index in [1.165, 1.54) is 6.26 Å². The molecule has 0 unspecified atom stereocenters. The van der Waals surface area contributed by atoms with Gasteiger partial charge in [-0.2, -0.15) is 0 Å². The Hall–Kier alpha value is -0.780. The maximum atomic E-state index is 11.9. The Morgan fingerprint density at radius 2 is 2.06 bits per heavy atom. The van der Waals surface area contributed by atoms with Crippen LogP contribution in [0.25, 0.3) is 0 Å². The number of nitrogens with one attached hydrogen (secondary N) is 1. The molecule has 6 heteroatoms. The molecule has 0 radical (unpaired) electrons. The van der Waals surface area contributed by atoms with Gasteiger partial charge in [-0.05, 0) is 12.8 Å². The van der Waals surface area contributed by atoms with Gasteiger partial charge in [0.25, 0.3) is 0 Å². The molecular formula is C11H21N3O2S. The van der Waals surface area contributed by atoms with E-state index in [1.54, 1.807) is 0 Å². The van der Waals surface area contributed by atoms with Crippen LogP contribution in [0, 0.1) is 0 Å². The molecule has 0 aromatic carbocycles. The van der Waals surface area contributed by atoms with Crippen molar-refractivity contribution in [2.24, 2.45) is 4.99 Å². The van der Waals surface area contributed by atoms with Crippen LogP contribution in [0.5, 0.6) is 0 Å². The van der Waals surface area contributed by atoms with Gasteiger partial charge in [0, 0.05) is 26.4 Å². The van der Waals surface area contributed by atoms with Crippen LogP contribution in [0.4, 0.5) is 0 Å². The highest BCUT2D eigenvalue weighted by atomic mass is 32.2. The average Bonchev–Trinajstić information content (AvgIpc) is 2.83. The standard InChI is InChI=1S/C11H21N3O2S/c1-14-8-7-12-10(14)13-9-11(17(2,15)16)5-3-4-6-11/h3-9H2,1-2H3,(H,12,13). The zero-order valence-electron chi connectivity index (χ0n) is 10.6. The largest absolute Gasteiger partial charge is 0.355 e. The van der Waals surface area contributed by atoms with Gasteiger partial charge < -0.3 is 10.2 Å². The Balaban J connectivity index is 2.05. The van der Waals surface area contributed by atoms with E-state index in [9.17, 15) is 8.42 Å². The first kappa shape index (κ1) is 12.7. The summed E-state index contributed by atoms with van der Waals surface area (Å²) in [5, 5.41) is 3.22. The van der Waals surface area contributed by atoms with E-state index in [0.29, 0.717) is 6.54 Å². The Bertz CT molecular complexity index is 410. The van der Waals surface area contributed by atoms with E-state index in [0.717, 1.165) is 44.7 Å². The fourth-order valence-electron chi connectivity index (χ4n) is 2.66. The van der Waals surface area contributed by atoms with Gasteiger partial charge >= 0.3 is 0 Å². The van der Waals surface area contributed by atoms with Crippen molar-refractivity contribution in [2.45, 2.75) is 30.4 Å². The minimum absolute atomic E-state index is 0.495. The quantitative estimate of drug-likeness (QED) is 0.788. The summed E-state index contributed by atoms with van der Waals surface area (Å²) in [5.74, 6) is 0.833. The van der Waals surface area contributed by atoms with Crippen LogP contribution < -0.4 is 5.32 Å². The summed E-state index contributed by atoms with van der Waals surface area (Å²) >= 11 is 0. The number of likely N-dealkylation sites (N-methyl/N-ethyl adjacent to an activating group) is 1. The fourth-order valence-corrected chi connectivity index (χ4v) is 4.03. The van der Waals surface area contributed by atoms with Gasteiger partial charge in [-0.15, -0.1) is 0 Å². The number of hydrogen-bond donors (Lipinski definition) is 1. The molecule has 1 saturated carbocycles. The van der Waals surface area contributed by atoms with Crippen molar-refractivity contribution in [3.8, 4) is 0 Å². The third-order valence-corrected chi connectivity index (χ3v) is 6.05. The molecule has 98 valence electrons. The molecule has 0 spiro atoms. The molecule has 0 amide bonds. The van der Waals surface area contributed by atoms with E-state index in [2.05, 4.69) is 10.3 Å². The molecule has 17 heavy (non-hydrogen) atoms. The van der Waals surface area contributed by atoms with Crippen LogP contribution in [0.3, 0.4) is 0 Å². The van der Waals surface area contributed by atoms with E-state index < -0.39 is 14.6 Å². The van der Waals surface area contributed by atoms with Crippen molar-refractivity contribution in [1.82, 2.24) is 10.2 Å². The summed E-state index contributed by atoms with van der Waals surface area (Å²) in [5.41, 5.74) is 0. The smallest absolute Gasteiger partial charge is 0.193 e. The van der Waals surface area contributed by atoms with E-state index >= 15 is 0 Å². The third-order valence-electron chi connectivity index (χ3n) is 3.93. The van der Waals surface area contributed by atoms with Crippen molar-refractivity contribution in [3.05, 3.63) is 0 Å². The van der Waals surface area contributed by atoms with Crippen molar-refractivity contribution in [1.29, 1.82) is 0 Å². The number of nitrogens with zero attached hydrogens (tertiary/aromatic N) is 2. The van der Waals surface area contributed by atoms with Gasteiger partial charge in [0.15, 0.2) is 15.8 Å². The van der Waals surface area contributed by atoms with Crippen molar-refractivity contribution in [2.75, 3.05) is 32.9 Å². The van der Waals surface area contributed by atoms with Gasteiger partial charge in [0.05, 0.1) is 11.3 Å². The molecule has 0 bridgehead atoms. The fraction of sp³-hybridized carbons (Fsp3) is 0.909. The lowest BCUT2D eigenvalue weighted by molar-refractivity contribution is 0.487. The minimum atomic E-state index is -3.01. The highest BCUT2D eigenvalue weighted by Crippen LogP contribution is 2.35. The number of guanidine groups is 1. The van der Waals surface area contributed by atoms with Gasteiger partial charge in [0.2, 0.25) is 0 Å². The van der Waals surface area contributed by atoms with Crippen LogP contribution in [0.15, 0.2) is 4.99 Å². The van der Waals surface area contributed by atoms with Crippen molar-refractivity contribution in [3.63, 3.8) is 0 Å². The summed E-state index contributed by atoms with van der Waals surface area (Å²) in [4.78, 5) is 6.36. The summed E-state index contributed by atoms with van der Waals surface area (Å²) in [7, 11) is -1.04. The molecule has 1 aliphatic heterocycles. The van der Waals surface area contributed by atoms with Crippen LogP contribution in [-0.2, 0) is 9.84 Å². The van der Waals surface area contributed by atoms with Crippen LogP contribution in [-0.4, -0.2) is 57.0 Å².